The van der Waals surface area contributed by atoms with Crippen LogP contribution in [0.3, 0.4) is 0 Å². The normalized spacial score (nSPS) is 20.3. The number of nitrogens with zero attached hydrogens (tertiary/aromatic N) is 1. The van der Waals surface area contributed by atoms with E-state index in [1.807, 2.05) is 0 Å². The van der Waals surface area contributed by atoms with Crippen LogP contribution >= 0.6 is 0 Å². The van der Waals surface area contributed by atoms with Gasteiger partial charge in [-0.3, -0.25) is 9.59 Å². The molecule has 202 valence electrons. The molecular weight excluding hydrogens is 524 g/mol. The highest BCUT2D eigenvalue weighted by molar-refractivity contribution is 7.90. The van der Waals surface area contributed by atoms with Crippen LogP contribution in [0.15, 0.2) is 41.3 Å². The molecule has 0 aromatic heterocycles. The van der Waals surface area contributed by atoms with Gasteiger partial charge in [-0.05, 0) is 61.4 Å². The van der Waals surface area contributed by atoms with E-state index in [1.54, 1.807) is 0 Å². The highest BCUT2D eigenvalue weighted by Gasteiger charge is 2.43. The first kappa shape index (κ1) is 27.6. The molecule has 1 aliphatic heterocycles. The van der Waals surface area contributed by atoms with Crippen LogP contribution in [0.2, 0.25) is 0 Å². The van der Waals surface area contributed by atoms with Crippen LogP contribution in [-0.2, 0) is 14.6 Å². The van der Waals surface area contributed by atoms with Crippen LogP contribution in [0.1, 0.15) is 59.6 Å². The summed E-state index contributed by atoms with van der Waals surface area (Å²) in [5, 5.41) is 2.71. The molecular formula is C27H26F4N2O4S. The second-order valence-corrected chi connectivity index (χ2v) is 11.8. The minimum Gasteiger partial charge on any atom is -0.347 e. The summed E-state index contributed by atoms with van der Waals surface area (Å²) < 4.78 is 79.0. The van der Waals surface area contributed by atoms with E-state index in [2.05, 4.69) is 11.2 Å². The van der Waals surface area contributed by atoms with Crippen molar-refractivity contribution in [3.63, 3.8) is 0 Å². The molecule has 2 fully saturated rings. The second-order valence-electron chi connectivity index (χ2n) is 9.80. The molecule has 1 saturated heterocycles. The van der Waals surface area contributed by atoms with Gasteiger partial charge in [0.25, 0.3) is 12.3 Å². The van der Waals surface area contributed by atoms with E-state index in [0.29, 0.717) is 25.0 Å². The Balaban J connectivity index is 1.62. The number of benzene rings is 2. The first-order chi connectivity index (χ1) is 17.9. The summed E-state index contributed by atoms with van der Waals surface area (Å²) >= 11 is 0. The maximum absolute atomic E-state index is 14.8. The number of nitrogens with one attached hydrogen (secondary N) is 1. The van der Waals surface area contributed by atoms with Crippen LogP contribution in [0, 0.1) is 35.8 Å². The van der Waals surface area contributed by atoms with Gasteiger partial charge in [0.05, 0.1) is 16.5 Å². The Morgan fingerprint density at radius 2 is 1.79 bits per heavy atom. The summed E-state index contributed by atoms with van der Waals surface area (Å²) in [4.78, 5) is 28.1. The molecule has 2 amide bonds. The zero-order valence-electron chi connectivity index (χ0n) is 20.5. The Hall–Kier alpha value is -3.39. The summed E-state index contributed by atoms with van der Waals surface area (Å²) in [6.45, 7) is 0.143. The number of sulfone groups is 1. The van der Waals surface area contributed by atoms with Gasteiger partial charge < -0.3 is 10.2 Å². The quantitative estimate of drug-likeness (QED) is 0.390. The molecule has 38 heavy (non-hydrogen) atoms. The number of rotatable bonds is 8. The number of likely N-dealkylation sites (tertiary alicyclic amines) is 1. The highest BCUT2D eigenvalue weighted by atomic mass is 32.2. The number of terminal acetylenes is 1. The summed E-state index contributed by atoms with van der Waals surface area (Å²) in [6, 6.07) is 4.62. The van der Waals surface area contributed by atoms with E-state index in [4.69, 9.17) is 6.42 Å². The van der Waals surface area contributed by atoms with Crippen molar-refractivity contribution in [1.29, 1.82) is 0 Å². The summed E-state index contributed by atoms with van der Waals surface area (Å²) in [5.41, 5.74) is -1.23. The zero-order valence-corrected chi connectivity index (χ0v) is 21.3. The Labute approximate surface area is 218 Å². The number of carbonyl (C=O) groups excluding carboxylic acids is 2. The van der Waals surface area contributed by atoms with E-state index in [1.165, 1.54) is 29.2 Å². The molecule has 0 spiro atoms. The van der Waals surface area contributed by atoms with E-state index in [0.717, 1.165) is 6.26 Å². The fourth-order valence-electron chi connectivity index (χ4n) is 4.85. The lowest BCUT2D eigenvalue weighted by Crippen LogP contribution is -2.47. The molecule has 2 aromatic carbocycles. The maximum atomic E-state index is 14.8. The van der Waals surface area contributed by atoms with Crippen molar-refractivity contribution in [2.75, 3.05) is 12.8 Å². The molecule has 4 rings (SSSR count). The van der Waals surface area contributed by atoms with Gasteiger partial charge in [0.15, 0.2) is 9.84 Å². The molecule has 3 atom stereocenters. The second kappa shape index (κ2) is 10.8. The van der Waals surface area contributed by atoms with Crippen molar-refractivity contribution in [1.82, 2.24) is 10.2 Å². The Morgan fingerprint density at radius 3 is 2.39 bits per heavy atom. The summed E-state index contributed by atoms with van der Waals surface area (Å²) in [7, 11) is -3.59. The molecule has 1 N–H and O–H groups in total. The zero-order chi connectivity index (χ0) is 27.8. The summed E-state index contributed by atoms with van der Waals surface area (Å²) in [5.74, 6) is -1.43. The average Bonchev–Trinajstić information content (AvgIpc) is 3.62. The first-order valence-electron chi connectivity index (χ1n) is 12.0. The van der Waals surface area contributed by atoms with Gasteiger partial charge in [-0.15, -0.1) is 12.3 Å². The molecule has 2 aromatic rings. The van der Waals surface area contributed by atoms with Gasteiger partial charge >= 0.3 is 0 Å². The highest BCUT2D eigenvalue weighted by Crippen LogP contribution is 2.43. The molecule has 1 aliphatic carbocycles. The maximum Gasteiger partial charge on any atom is 0.266 e. The number of halogens is 4. The third kappa shape index (κ3) is 5.85. The third-order valence-electron chi connectivity index (χ3n) is 6.94. The van der Waals surface area contributed by atoms with E-state index < -0.39 is 57.4 Å². The van der Waals surface area contributed by atoms with Gasteiger partial charge in [-0.25, -0.2) is 26.0 Å². The van der Waals surface area contributed by atoms with Gasteiger partial charge in [0.1, 0.15) is 17.7 Å². The fraction of sp³-hybridized carbons (Fsp3) is 0.407. The minimum atomic E-state index is -3.59. The molecule has 0 radical (unpaired) electrons. The topological polar surface area (TPSA) is 83.6 Å². The van der Waals surface area contributed by atoms with Crippen molar-refractivity contribution in [2.24, 2.45) is 11.8 Å². The predicted molar refractivity (Wildman–Crippen MR) is 131 cm³/mol. The lowest BCUT2D eigenvalue weighted by Gasteiger charge is -2.27. The molecule has 1 saturated carbocycles. The van der Waals surface area contributed by atoms with Crippen molar-refractivity contribution in [3.8, 4) is 12.3 Å². The first-order valence-corrected chi connectivity index (χ1v) is 13.9. The Kier molecular flexibility index (Phi) is 7.83. The van der Waals surface area contributed by atoms with Crippen molar-refractivity contribution < 1.29 is 35.6 Å². The largest absolute Gasteiger partial charge is 0.347 e. The van der Waals surface area contributed by atoms with Crippen molar-refractivity contribution in [2.45, 2.75) is 49.1 Å². The van der Waals surface area contributed by atoms with Crippen LogP contribution in [-0.4, -0.2) is 44.0 Å². The molecule has 0 bridgehead atoms. The number of amides is 2. The molecule has 2 aliphatic rings. The molecule has 1 heterocycles. The third-order valence-corrected chi connectivity index (χ3v) is 8.05. The lowest BCUT2D eigenvalue weighted by atomic mass is 9.98. The van der Waals surface area contributed by atoms with Crippen LogP contribution in [0.4, 0.5) is 17.6 Å². The number of hydrogen-bond acceptors (Lipinski definition) is 4. The molecule has 0 unspecified atom stereocenters. The van der Waals surface area contributed by atoms with Crippen molar-refractivity contribution in [3.05, 3.63) is 64.7 Å². The van der Waals surface area contributed by atoms with Crippen LogP contribution in [0.5, 0.6) is 0 Å². The predicted octanol–water partition coefficient (Wildman–Crippen LogP) is 4.43. The number of alkyl halides is 2. The average molecular weight is 551 g/mol. The van der Waals surface area contributed by atoms with Crippen LogP contribution in [0.25, 0.3) is 0 Å². The fourth-order valence-corrected chi connectivity index (χ4v) is 5.51. The van der Waals surface area contributed by atoms with Gasteiger partial charge in [-0.1, -0.05) is 6.07 Å². The van der Waals surface area contributed by atoms with E-state index in [-0.39, 0.29) is 47.2 Å². The summed E-state index contributed by atoms with van der Waals surface area (Å²) in [6.07, 6.45) is 5.01. The minimum absolute atomic E-state index is 0.0535. The number of hydrogen-bond donors (Lipinski definition) is 1. The lowest BCUT2D eigenvalue weighted by molar-refractivity contribution is -0.125. The molecule has 6 nitrogen and oxygen atoms in total. The SMILES string of the molecule is C#CC[C@@H]1C[C@H](C(=O)N[C@@H](c2cc(F)c(C(F)F)cc2F)C2CC2)N(C(=O)c2cccc(S(C)(=O)=O)c2)C1. The Morgan fingerprint density at radius 1 is 1.13 bits per heavy atom. The molecule has 11 heteroatoms. The monoisotopic (exact) mass is 550 g/mol. The van der Waals surface area contributed by atoms with Crippen molar-refractivity contribution >= 4 is 21.7 Å². The van der Waals surface area contributed by atoms with Gasteiger partial charge in [0.2, 0.25) is 5.91 Å². The standard InChI is InChI=1S/C27H26F4N2O4S/c1-3-5-15-10-23(33(14-15)27(35)17-6-4-7-18(11-17)38(2,36)37)26(34)32-24(16-8-9-16)19-12-22(29)20(25(30)31)13-21(19)28/h1,4,6-7,11-13,15-16,23-25H,5,8-10,14H2,2H3,(H,32,34)/t15-,23-,24-/m1/s1. The van der Waals surface area contributed by atoms with Gasteiger partial charge in [0, 0.05) is 30.3 Å². The van der Waals surface area contributed by atoms with E-state index in [9.17, 15) is 35.6 Å². The van der Waals surface area contributed by atoms with Crippen LogP contribution < -0.4 is 5.32 Å². The smallest absolute Gasteiger partial charge is 0.266 e. The van der Waals surface area contributed by atoms with Gasteiger partial charge in [-0.2, -0.15) is 0 Å². The van der Waals surface area contributed by atoms with E-state index >= 15 is 0 Å². The Bertz CT molecular complexity index is 1400. The number of carbonyl (C=O) groups is 2.